The highest BCUT2D eigenvalue weighted by molar-refractivity contribution is 7.99. The molecule has 218 valence electrons. The first-order valence-electron chi connectivity index (χ1n) is 14.5. The first-order chi connectivity index (χ1) is 19.0. The molecule has 2 fully saturated rings. The van der Waals surface area contributed by atoms with Gasteiger partial charge >= 0.3 is 0 Å². The second kappa shape index (κ2) is 13.4. The Morgan fingerprint density at radius 2 is 1.75 bits per heavy atom. The minimum Gasteiger partial charge on any atom is -0.508 e. The van der Waals surface area contributed by atoms with Crippen LogP contribution in [0, 0.1) is 18.8 Å². The number of nitrogens with zero attached hydrogens (tertiary/aromatic N) is 1. The highest BCUT2D eigenvalue weighted by atomic mass is 32.2. The molecule has 8 heteroatoms. The lowest BCUT2D eigenvalue weighted by Gasteiger charge is -2.47. The van der Waals surface area contributed by atoms with Crippen LogP contribution in [0.1, 0.15) is 68.8 Å². The van der Waals surface area contributed by atoms with E-state index in [0.29, 0.717) is 35.3 Å². The number of rotatable bonds is 9. The molecule has 0 radical (unpaired) electrons. The van der Waals surface area contributed by atoms with Crippen molar-refractivity contribution in [2.45, 2.75) is 88.4 Å². The van der Waals surface area contributed by atoms with Crippen molar-refractivity contribution in [1.82, 2.24) is 15.5 Å². The molecule has 3 unspecified atom stereocenters. The number of thioether (sulfide) groups is 1. The van der Waals surface area contributed by atoms with Crippen LogP contribution in [-0.4, -0.2) is 69.5 Å². The Hall–Kier alpha value is -2.55. The predicted octanol–water partition coefficient (Wildman–Crippen LogP) is 4.75. The zero-order valence-electron chi connectivity index (χ0n) is 24.2. The predicted molar refractivity (Wildman–Crippen MR) is 161 cm³/mol. The summed E-state index contributed by atoms with van der Waals surface area (Å²) in [5.74, 6) is 1.27. The van der Waals surface area contributed by atoms with Crippen LogP contribution >= 0.6 is 11.8 Å². The Bertz CT molecular complexity index is 1150. The molecule has 1 saturated carbocycles. The lowest BCUT2D eigenvalue weighted by atomic mass is 9.72. The van der Waals surface area contributed by atoms with Gasteiger partial charge in [0.05, 0.1) is 18.2 Å². The van der Waals surface area contributed by atoms with Crippen molar-refractivity contribution in [3.8, 4) is 5.75 Å². The van der Waals surface area contributed by atoms with Gasteiger partial charge in [0.2, 0.25) is 5.91 Å². The molecule has 1 heterocycles. The van der Waals surface area contributed by atoms with Gasteiger partial charge in [-0.25, -0.2) is 0 Å². The number of piperidine rings is 1. The fraction of sp³-hybridized carbons (Fsp3) is 0.562. The second-order valence-corrected chi connectivity index (χ2v) is 13.6. The number of hydrogen-bond acceptors (Lipinski definition) is 6. The molecule has 5 atom stereocenters. The molecule has 7 nitrogen and oxygen atoms in total. The first kappa shape index (κ1) is 30.4. The number of carbonyl (C=O) groups excluding carboxylic acids is 2. The Morgan fingerprint density at radius 3 is 2.45 bits per heavy atom. The van der Waals surface area contributed by atoms with Gasteiger partial charge < -0.3 is 20.8 Å². The third-order valence-corrected chi connectivity index (χ3v) is 9.36. The van der Waals surface area contributed by atoms with Crippen LogP contribution in [0.3, 0.4) is 0 Å². The number of phenols is 1. The van der Waals surface area contributed by atoms with E-state index in [-0.39, 0.29) is 29.1 Å². The second-order valence-electron chi connectivity index (χ2n) is 12.5. The van der Waals surface area contributed by atoms with Crippen molar-refractivity contribution in [2.24, 2.45) is 11.8 Å². The lowest BCUT2D eigenvalue weighted by Crippen LogP contribution is -2.60. The van der Waals surface area contributed by atoms with E-state index in [4.69, 9.17) is 0 Å². The molecule has 40 heavy (non-hydrogen) atoms. The minimum absolute atomic E-state index is 0.0124. The van der Waals surface area contributed by atoms with Crippen molar-refractivity contribution in [3.63, 3.8) is 0 Å². The molecule has 2 aromatic rings. The van der Waals surface area contributed by atoms with Crippen LogP contribution in [0.25, 0.3) is 0 Å². The molecule has 2 aliphatic rings. The van der Waals surface area contributed by atoms with Gasteiger partial charge in [0, 0.05) is 40.4 Å². The number of amides is 2. The molecule has 0 aromatic heterocycles. The number of nitrogens with one attached hydrogen (secondary N) is 2. The van der Waals surface area contributed by atoms with E-state index in [1.54, 1.807) is 36.9 Å². The van der Waals surface area contributed by atoms with E-state index in [1.807, 2.05) is 51.1 Å². The summed E-state index contributed by atoms with van der Waals surface area (Å²) in [6.07, 6.45) is 4.67. The van der Waals surface area contributed by atoms with Gasteiger partial charge in [0.15, 0.2) is 0 Å². The zero-order chi connectivity index (χ0) is 28.9. The highest BCUT2D eigenvalue weighted by Gasteiger charge is 2.41. The van der Waals surface area contributed by atoms with E-state index in [9.17, 15) is 19.8 Å². The summed E-state index contributed by atoms with van der Waals surface area (Å²) >= 11 is 1.57. The molecule has 0 spiro atoms. The number of carbonyl (C=O) groups is 2. The normalized spacial score (nSPS) is 23.1. The number of fused-ring (bicyclic) bond motifs is 1. The number of benzene rings is 2. The number of β-amino-alcohol motifs (C(OH)–C–C–N with tert-alkyl or cyclic N) is 1. The van der Waals surface area contributed by atoms with Crippen molar-refractivity contribution >= 4 is 23.6 Å². The van der Waals surface area contributed by atoms with Crippen molar-refractivity contribution in [3.05, 3.63) is 59.7 Å². The van der Waals surface area contributed by atoms with Gasteiger partial charge in [-0.15, -0.1) is 11.8 Å². The molecule has 1 aliphatic carbocycles. The van der Waals surface area contributed by atoms with Gasteiger partial charge in [-0.1, -0.05) is 43.5 Å². The maximum Gasteiger partial charge on any atom is 0.252 e. The fourth-order valence-electron chi connectivity index (χ4n) is 6.06. The maximum atomic E-state index is 13.5. The van der Waals surface area contributed by atoms with Crippen LogP contribution in [0.2, 0.25) is 0 Å². The molecule has 4 rings (SSSR count). The van der Waals surface area contributed by atoms with E-state index in [2.05, 4.69) is 15.5 Å². The molecule has 4 N–H and O–H groups in total. The van der Waals surface area contributed by atoms with Crippen molar-refractivity contribution in [2.75, 3.05) is 18.8 Å². The van der Waals surface area contributed by atoms with Crippen LogP contribution in [0.5, 0.6) is 5.75 Å². The largest absolute Gasteiger partial charge is 0.508 e. The Labute approximate surface area is 243 Å². The summed E-state index contributed by atoms with van der Waals surface area (Å²) in [6, 6.07) is 13.9. The average molecular weight is 568 g/mol. The van der Waals surface area contributed by atoms with Gasteiger partial charge in [0.1, 0.15) is 5.75 Å². The SMILES string of the molecule is Cc1c(O)cccc1C(=O)NC(CSc1ccccc1)[C@H](O)CN1CC2CCCC[C@H]2CC1C(=O)NC(C)(C)C. The number of aromatic hydroxyl groups is 1. The number of phenolic OH excluding ortho intramolecular Hbond substituents is 1. The smallest absolute Gasteiger partial charge is 0.252 e. The van der Waals surface area contributed by atoms with Gasteiger partial charge in [-0.3, -0.25) is 14.5 Å². The van der Waals surface area contributed by atoms with Crippen LogP contribution in [0.15, 0.2) is 53.4 Å². The average Bonchev–Trinajstić information content (AvgIpc) is 2.91. The first-order valence-corrected chi connectivity index (χ1v) is 15.5. The number of aliphatic hydroxyl groups excluding tert-OH is 1. The van der Waals surface area contributed by atoms with E-state index in [0.717, 1.165) is 30.7 Å². The molecule has 2 aromatic carbocycles. The van der Waals surface area contributed by atoms with E-state index >= 15 is 0 Å². The quantitative estimate of drug-likeness (QED) is 0.327. The van der Waals surface area contributed by atoms with Gasteiger partial charge in [0.25, 0.3) is 5.91 Å². The Morgan fingerprint density at radius 1 is 1.05 bits per heavy atom. The van der Waals surface area contributed by atoms with Gasteiger partial charge in [-0.2, -0.15) is 0 Å². The van der Waals surface area contributed by atoms with E-state index in [1.165, 1.54) is 12.8 Å². The summed E-state index contributed by atoms with van der Waals surface area (Å²) < 4.78 is 0. The summed E-state index contributed by atoms with van der Waals surface area (Å²) in [5.41, 5.74) is 0.543. The molecule has 1 aliphatic heterocycles. The number of likely N-dealkylation sites (tertiary alicyclic amines) is 1. The molecule has 2 amide bonds. The lowest BCUT2D eigenvalue weighted by molar-refractivity contribution is -0.132. The molecular weight excluding hydrogens is 522 g/mol. The highest BCUT2D eigenvalue weighted by Crippen LogP contribution is 2.39. The summed E-state index contributed by atoms with van der Waals surface area (Å²) in [6.45, 7) is 8.76. The molecule has 1 saturated heterocycles. The van der Waals surface area contributed by atoms with Crippen LogP contribution in [0.4, 0.5) is 0 Å². The van der Waals surface area contributed by atoms with Crippen LogP contribution < -0.4 is 10.6 Å². The van der Waals surface area contributed by atoms with Crippen molar-refractivity contribution < 1.29 is 19.8 Å². The fourth-order valence-corrected chi connectivity index (χ4v) is 7.09. The standard InChI is InChI=1S/C32H45N3O4S/c1-21-25(15-10-16-28(21)36)30(38)33-26(20-40-24-13-6-5-7-14-24)29(37)19-35-18-23-12-9-8-11-22(23)17-27(35)31(39)34-32(2,3)4/h5-7,10,13-16,22-23,26-27,29,36-37H,8-9,11-12,17-20H2,1-4H3,(H,33,38)(H,34,39)/t22-,23?,26?,27?,29+/m0/s1. The number of hydrogen-bond donors (Lipinski definition) is 4. The van der Waals surface area contributed by atoms with E-state index < -0.39 is 12.1 Å². The molecule has 0 bridgehead atoms. The monoisotopic (exact) mass is 567 g/mol. The number of aliphatic hydroxyl groups is 1. The molecular formula is C32H45N3O4S. The van der Waals surface area contributed by atoms with Crippen LogP contribution in [-0.2, 0) is 4.79 Å². The third-order valence-electron chi connectivity index (χ3n) is 8.23. The van der Waals surface area contributed by atoms with Crippen molar-refractivity contribution in [1.29, 1.82) is 0 Å². The summed E-state index contributed by atoms with van der Waals surface area (Å²) in [5, 5.41) is 28.0. The topological polar surface area (TPSA) is 102 Å². The summed E-state index contributed by atoms with van der Waals surface area (Å²) in [4.78, 5) is 30.0. The zero-order valence-corrected chi connectivity index (χ0v) is 25.0. The Balaban J connectivity index is 1.54. The minimum atomic E-state index is -0.886. The Kier molecular flexibility index (Phi) is 10.2. The maximum absolute atomic E-state index is 13.5. The van der Waals surface area contributed by atoms with Gasteiger partial charge in [-0.05, 0) is 76.6 Å². The third kappa shape index (κ3) is 8.02. The summed E-state index contributed by atoms with van der Waals surface area (Å²) in [7, 11) is 0.